The summed E-state index contributed by atoms with van der Waals surface area (Å²) in [5, 5.41) is 9.56. The Bertz CT molecular complexity index is 623. The van der Waals surface area contributed by atoms with Crippen LogP contribution in [0.3, 0.4) is 0 Å². The van der Waals surface area contributed by atoms with Crippen molar-refractivity contribution in [3.8, 4) is 17.0 Å². The first-order valence-electron chi connectivity index (χ1n) is 5.23. The van der Waals surface area contributed by atoms with Gasteiger partial charge in [0.2, 0.25) is 5.28 Å². The van der Waals surface area contributed by atoms with E-state index in [1.807, 2.05) is 12.1 Å². The molecule has 0 bridgehead atoms. The smallest absolute Gasteiger partial charge is 0.224 e. The number of halogens is 3. The highest BCUT2D eigenvalue weighted by Crippen LogP contribution is 2.35. The summed E-state index contributed by atoms with van der Waals surface area (Å²) < 4.78 is 6.13. The normalized spacial score (nSPS) is 10.6. The quantitative estimate of drug-likeness (QED) is 0.667. The third-order valence-electron chi connectivity index (χ3n) is 2.50. The van der Waals surface area contributed by atoms with Crippen molar-refractivity contribution in [3.63, 3.8) is 0 Å². The van der Waals surface area contributed by atoms with Crippen LogP contribution in [0.1, 0.15) is 5.56 Å². The molecule has 7 heteroatoms. The molecule has 1 heterocycles. The zero-order chi connectivity index (χ0) is 14.0. The van der Waals surface area contributed by atoms with Gasteiger partial charge in [-0.25, -0.2) is 9.97 Å². The average molecular weight is 364 g/mol. The fourth-order valence-corrected chi connectivity index (χ4v) is 2.46. The Morgan fingerprint density at radius 2 is 2.05 bits per heavy atom. The topological polar surface area (TPSA) is 55.2 Å². The zero-order valence-corrected chi connectivity index (χ0v) is 12.9. The number of aromatic nitrogens is 2. The monoisotopic (exact) mass is 362 g/mol. The van der Waals surface area contributed by atoms with Crippen molar-refractivity contribution >= 4 is 39.1 Å². The molecule has 0 amide bonds. The Kier molecular flexibility index (Phi) is 4.62. The number of nitrogens with zero attached hydrogens (tertiary/aromatic N) is 2. The van der Waals surface area contributed by atoms with Crippen molar-refractivity contribution in [2.24, 2.45) is 0 Å². The van der Waals surface area contributed by atoms with Gasteiger partial charge in [0.15, 0.2) is 0 Å². The minimum absolute atomic E-state index is 0.0132. The fourth-order valence-electron chi connectivity index (χ4n) is 1.66. The molecule has 0 spiro atoms. The summed E-state index contributed by atoms with van der Waals surface area (Å²) in [5.41, 5.74) is 1.53. The third-order valence-corrected chi connectivity index (χ3v) is 3.48. The van der Waals surface area contributed by atoms with Gasteiger partial charge in [-0.05, 0) is 29.8 Å². The van der Waals surface area contributed by atoms with Crippen LogP contribution in [0.15, 0.2) is 22.7 Å². The number of ether oxygens (including phenoxy) is 1. The van der Waals surface area contributed by atoms with E-state index in [0.29, 0.717) is 22.6 Å². The first-order chi connectivity index (χ1) is 9.06. The number of hydrogen-bond donors (Lipinski definition) is 1. The molecule has 1 aromatic heterocycles. The van der Waals surface area contributed by atoms with Crippen LogP contribution in [0.2, 0.25) is 10.4 Å². The summed E-state index contributed by atoms with van der Waals surface area (Å²) in [7, 11) is 1.55. The molecule has 0 radical (unpaired) electrons. The Morgan fingerprint density at radius 3 is 2.68 bits per heavy atom. The van der Waals surface area contributed by atoms with Crippen molar-refractivity contribution in [1.29, 1.82) is 0 Å². The molecule has 2 rings (SSSR count). The standard InChI is InChI=1S/C12H9BrCl2N2O2/c1-19-9-3-2-6(13)4-7(9)10-8(5-18)11(14)17-12(15)16-10/h2-4,18H,5H2,1H3. The Hall–Kier alpha value is -0.880. The molecule has 2 aromatic rings. The van der Waals surface area contributed by atoms with E-state index in [-0.39, 0.29) is 17.0 Å². The molecule has 100 valence electrons. The second kappa shape index (κ2) is 6.05. The van der Waals surface area contributed by atoms with Crippen LogP contribution < -0.4 is 4.74 Å². The zero-order valence-electron chi connectivity index (χ0n) is 9.82. The number of aliphatic hydroxyl groups excluding tert-OH is 1. The maximum absolute atomic E-state index is 9.42. The van der Waals surface area contributed by atoms with Crippen molar-refractivity contribution in [2.75, 3.05) is 7.11 Å². The minimum atomic E-state index is -0.291. The van der Waals surface area contributed by atoms with Crippen molar-refractivity contribution < 1.29 is 9.84 Å². The van der Waals surface area contributed by atoms with Gasteiger partial charge in [0.25, 0.3) is 0 Å². The van der Waals surface area contributed by atoms with E-state index in [1.54, 1.807) is 13.2 Å². The lowest BCUT2D eigenvalue weighted by molar-refractivity contribution is 0.281. The van der Waals surface area contributed by atoms with Gasteiger partial charge in [-0.2, -0.15) is 0 Å². The van der Waals surface area contributed by atoms with E-state index >= 15 is 0 Å². The maximum atomic E-state index is 9.42. The summed E-state index contributed by atoms with van der Waals surface area (Å²) >= 11 is 15.2. The van der Waals surface area contributed by atoms with Gasteiger partial charge in [0, 0.05) is 15.6 Å². The van der Waals surface area contributed by atoms with Crippen LogP contribution in [0.4, 0.5) is 0 Å². The molecule has 0 unspecified atom stereocenters. The molecular weight excluding hydrogens is 355 g/mol. The molecule has 1 aromatic carbocycles. The molecule has 0 saturated carbocycles. The Morgan fingerprint density at radius 1 is 1.32 bits per heavy atom. The summed E-state index contributed by atoms with van der Waals surface area (Å²) in [5.74, 6) is 0.601. The van der Waals surface area contributed by atoms with Crippen LogP contribution >= 0.6 is 39.1 Å². The number of aliphatic hydroxyl groups is 1. The van der Waals surface area contributed by atoms with Gasteiger partial charge in [0.05, 0.1) is 19.4 Å². The largest absolute Gasteiger partial charge is 0.496 e. The van der Waals surface area contributed by atoms with Crippen LogP contribution in [-0.2, 0) is 6.61 Å². The van der Waals surface area contributed by atoms with Gasteiger partial charge < -0.3 is 9.84 Å². The van der Waals surface area contributed by atoms with E-state index in [1.165, 1.54) is 0 Å². The van der Waals surface area contributed by atoms with Gasteiger partial charge in [-0.15, -0.1) is 0 Å². The van der Waals surface area contributed by atoms with E-state index in [0.717, 1.165) is 4.47 Å². The predicted molar refractivity (Wildman–Crippen MR) is 77.7 cm³/mol. The molecule has 0 aliphatic rings. The second-order valence-electron chi connectivity index (χ2n) is 3.61. The van der Waals surface area contributed by atoms with E-state index in [9.17, 15) is 5.11 Å². The molecule has 19 heavy (non-hydrogen) atoms. The first kappa shape index (κ1) is 14.5. The van der Waals surface area contributed by atoms with Crippen LogP contribution in [0.5, 0.6) is 5.75 Å². The molecule has 0 fully saturated rings. The predicted octanol–water partition coefficient (Wildman–Crippen LogP) is 3.71. The lowest BCUT2D eigenvalue weighted by atomic mass is 10.1. The van der Waals surface area contributed by atoms with E-state index < -0.39 is 0 Å². The summed E-state index contributed by atoms with van der Waals surface area (Å²) in [6.45, 7) is -0.291. The van der Waals surface area contributed by atoms with Crippen LogP contribution in [-0.4, -0.2) is 22.2 Å². The van der Waals surface area contributed by atoms with Gasteiger partial charge in [0.1, 0.15) is 10.9 Å². The highest BCUT2D eigenvalue weighted by atomic mass is 79.9. The summed E-state index contributed by atoms with van der Waals surface area (Å²) in [4.78, 5) is 7.95. The number of hydrogen-bond acceptors (Lipinski definition) is 4. The lowest BCUT2D eigenvalue weighted by Crippen LogP contribution is -2.00. The van der Waals surface area contributed by atoms with Crippen LogP contribution in [0, 0.1) is 0 Å². The third kappa shape index (κ3) is 3.00. The van der Waals surface area contributed by atoms with Gasteiger partial charge in [-0.3, -0.25) is 0 Å². The van der Waals surface area contributed by atoms with Gasteiger partial charge in [-0.1, -0.05) is 27.5 Å². The van der Waals surface area contributed by atoms with Crippen molar-refractivity contribution in [2.45, 2.75) is 6.61 Å². The molecule has 0 aliphatic carbocycles. The fraction of sp³-hybridized carbons (Fsp3) is 0.167. The Balaban J connectivity index is 2.74. The molecular formula is C12H9BrCl2N2O2. The Labute approximate surface area is 128 Å². The summed E-state index contributed by atoms with van der Waals surface area (Å²) in [6, 6.07) is 5.43. The first-order valence-corrected chi connectivity index (χ1v) is 6.78. The second-order valence-corrected chi connectivity index (χ2v) is 5.23. The van der Waals surface area contributed by atoms with Gasteiger partial charge >= 0.3 is 0 Å². The average Bonchev–Trinajstić information content (AvgIpc) is 2.37. The highest BCUT2D eigenvalue weighted by molar-refractivity contribution is 9.10. The SMILES string of the molecule is COc1ccc(Br)cc1-c1nc(Cl)nc(Cl)c1CO. The molecule has 0 saturated heterocycles. The number of methoxy groups -OCH3 is 1. The van der Waals surface area contributed by atoms with E-state index in [4.69, 9.17) is 27.9 Å². The molecule has 0 atom stereocenters. The van der Waals surface area contributed by atoms with Crippen LogP contribution in [0.25, 0.3) is 11.3 Å². The van der Waals surface area contributed by atoms with Crippen molar-refractivity contribution in [1.82, 2.24) is 9.97 Å². The lowest BCUT2D eigenvalue weighted by Gasteiger charge is -2.12. The summed E-state index contributed by atoms with van der Waals surface area (Å²) in [6.07, 6.45) is 0. The highest BCUT2D eigenvalue weighted by Gasteiger charge is 2.17. The van der Waals surface area contributed by atoms with Crippen molar-refractivity contribution in [3.05, 3.63) is 38.7 Å². The van der Waals surface area contributed by atoms with E-state index in [2.05, 4.69) is 25.9 Å². The number of rotatable bonds is 3. The molecule has 4 nitrogen and oxygen atoms in total. The number of benzene rings is 1. The maximum Gasteiger partial charge on any atom is 0.224 e. The molecule has 0 aliphatic heterocycles. The molecule has 1 N–H and O–H groups in total. The minimum Gasteiger partial charge on any atom is -0.496 e.